The molecular weight excluding hydrogens is 282 g/mol. The minimum atomic E-state index is 0.185. The lowest BCUT2D eigenvalue weighted by Gasteiger charge is -2.05. The van der Waals surface area contributed by atoms with Crippen molar-refractivity contribution in [2.45, 2.75) is 10.1 Å². The molecule has 94 valence electrons. The highest BCUT2D eigenvalue weighted by Crippen LogP contribution is 2.33. The third-order valence-electron chi connectivity index (χ3n) is 2.43. The number of hydrogen-bond acceptors (Lipinski definition) is 6. The van der Waals surface area contributed by atoms with Gasteiger partial charge in [0.05, 0.1) is 16.7 Å². The molecule has 0 atom stereocenters. The number of rotatable bonds is 2. The summed E-state index contributed by atoms with van der Waals surface area (Å²) in [6, 6.07) is 7.75. The maximum atomic E-state index is 6.05. The van der Waals surface area contributed by atoms with Gasteiger partial charge in [0.2, 0.25) is 5.95 Å². The van der Waals surface area contributed by atoms with Gasteiger partial charge in [0, 0.05) is 5.39 Å². The summed E-state index contributed by atoms with van der Waals surface area (Å²) in [5, 5.41) is 2.76. The molecule has 5 nitrogen and oxygen atoms in total. The first-order valence-electron chi connectivity index (χ1n) is 5.39. The van der Waals surface area contributed by atoms with Crippen molar-refractivity contribution in [3.8, 4) is 0 Å². The second-order valence-electron chi connectivity index (χ2n) is 3.68. The second-order valence-corrected chi connectivity index (χ2v) is 5.06. The van der Waals surface area contributed by atoms with Crippen LogP contribution in [0.5, 0.6) is 0 Å². The molecule has 19 heavy (non-hydrogen) atoms. The Kier molecular flexibility index (Phi) is 3.18. The Bertz CT molecular complexity index is 744. The molecule has 2 heterocycles. The van der Waals surface area contributed by atoms with E-state index in [9.17, 15) is 0 Å². The van der Waals surface area contributed by atoms with Gasteiger partial charge in [-0.05, 0) is 17.8 Å². The van der Waals surface area contributed by atoms with Crippen molar-refractivity contribution in [3.05, 3.63) is 41.8 Å². The first-order chi connectivity index (χ1) is 9.24. The van der Waals surface area contributed by atoms with Gasteiger partial charge in [0.15, 0.2) is 0 Å². The van der Waals surface area contributed by atoms with Gasteiger partial charge >= 0.3 is 0 Å². The first-order valence-corrected chi connectivity index (χ1v) is 6.59. The Balaban J connectivity index is 2.08. The largest absolute Gasteiger partial charge is 0.368 e. The van der Waals surface area contributed by atoms with Crippen LogP contribution in [0.1, 0.15) is 0 Å². The summed E-state index contributed by atoms with van der Waals surface area (Å²) < 4.78 is 0. The van der Waals surface area contributed by atoms with Crippen molar-refractivity contribution in [1.82, 2.24) is 19.9 Å². The van der Waals surface area contributed by atoms with Crippen LogP contribution in [0, 0.1) is 0 Å². The van der Waals surface area contributed by atoms with Gasteiger partial charge in [-0.15, -0.1) is 0 Å². The molecule has 0 aliphatic rings. The fourth-order valence-corrected chi connectivity index (χ4v) is 2.65. The van der Waals surface area contributed by atoms with Crippen LogP contribution in [-0.2, 0) is 0 Å². The molecule has 7 heteroatoms. The van der Waals surface area contributed by atoms with Gasteiger partial charge in [-0.2, -0.15) is 0 Å². The molecule has 2 N–H and O–H groups in total. The van der Waals surface area contributed by atoms with E-state index in [0.717, 1.165) is 15.9 Å². The summed E-state index contributed by atoms with van der Waals surface area (Å²) in [7, 11) is 0. The summed E-state index contributed by atoms with van der Waals surface area (Å²) in [5.74, 6) is 0.185. The maximum Gasteiger partial charge on any atom is 0.221 e. The molecule has 2 aromatic heterocycles. The monoisotopic (exact) mass is 289 g/mol. The SMILES string of the molecule is Nc1ncc(Cl)c(Sc2ncnc3ccccc23)n1. The Labute approximate surface area is 118 Å². The average Bonchev–Trinajstić information content (AvgIpc) is 2.43. The number of benzene rings is 1. The number of nitrogens with zero attached hydrogens (tertiary/aromatic N) is 4. The van der Waals surface area contributed by atoms with Crippen LogP contribution in [0.4, 0.5) is 5.95 Å². The second kappa shape index (κ2) is 4.99. The smallest absolute Gasteiger partial charge is 0.221 e. The topological polar surface area (TPSA) is 77.6 Å². The zero-order valence-electron chi connectivity index (χ0n) is 9.62. The lowest BCUT2D eigenvalue weighted by Crippen LogP contribution is -1.96. The summed E-state index contributed by atoms with van der Waals surface area (Å²) in [6.45, 7) is 0. The molecule has 0 spiro atoms. The molecule has 0 radical (unpaired) electrons. The van der Waals surface area contributed by atoms with Gasteiger partial charge in [0.25, 0.3) is 0 Å². The van der Waals surface area contributed by atoms with E-state index in [1.165, 1.54) is 24.3 Å². The standard InChI is InChI=1S/C12H8ClN5S/c13-8-5-15-12(14)18-11(8)19-10-7-3-1-2-4-9(7)16-6-17-10/h1-6H,(H2,14,15,18). The van der Waals surface area contributed by atoms with Crippen molar-refractivity contribution in [3.63, 3.8) is 0 Å². The fraction of sp³-hybridized carbons (Fsp3) is 0. The normalized spacial score (nSPS) is 10.8. The number of hydrogen-bond donors (Lipinski definition) is 1. The van der Waals surface area contributed by atoms with E-state index < -0.39 is 0 Å². The van der Waals surface area contributed by atoms with E-state index in [2.05, 4.69) is 19.9 Å². The summed E-state index contributed by atoms with van der Waals surface area (Å²) >= 11 is 7.40. The van der Waals surface area contributed by atoms with E-state index >= 15 is 0 Å². The summed E-state index contributed by atoms with van der Waals surface area (Å²) in [5.41, 5.74) is 6.44. The molecule has 0 fully saturated rings. The fourth-order valence-electron chi connectivity index (χ4n) is 1.59. The molecule has 3 aromatic rings. The number of fused-ring (bicyclic) bond motifs is 1. The quantitative estimate of drug-likeness (QED) is 0.731. The van der Waals surface area contributed by atoms with Gasteiger partial charge in [-0.1, -0.05) is 29.8 Å². The predicted octanol–water partition coefficient (Wildman–Crippen LogP) is 2.81. The third kappa shape index (κ3) is 2.45. The number of aromatic nitrogens is 4. The molecule has 0 aliphatic carbocycles. The summed E-state index contributed by atoms with van der Waals surface area (Å²) in [6.07, 6.45) is 3.00. The van der Waals surface area contributed by atoms with E-state index in [-0.39, 0.29) is 5.95 Å². The lowest BCUT2D eigenvalue weighted by molar-refractivity contribution is 1.05. The highest BCUT2D eigenvalue weighted by molar-refractivity contribution is 7.99. The number of nitrogen functional groups attached to an aromatic ring is 1. The lowest BCUT2D eigenvalue weighted by atomic mass is 10.2. The molecule has 1 aromatic carbocycles. The van der Waals surface area contributed by atoms with Crippen LogP contribution in [0.3, 0.4) is 0 Å². The highest BCUT2D eigenvalue weighted by atomic mass is 35.5. The Morgan fingerprint density at radius 1 is 1.05 bits per heavy atom. The van der Waals surface area contributed by atoms with Gasteiger partial charge in [0.1, 0.15) is 16.4 Å². The van der Waals surface area contributed by atoms with Crippen LogP contribution >= 0.6 is 23.4 Å². The van der Waals surface area contributed by atoms with E-state index in [1.807, 2.05) is 24.3 Å². The van der Waals surface area contributed by atoms with Crippen molar-refractivity contribution in [2.24, 2.45) is 0 Å². The van der Waals surface area contributed by atoms with Crippen LogP contribution in [0.2, 0.25) is 5.02 Å². The third-order valence-corrected chi connectivity index (χ3v) is 3.84. The van der Waals surface area contributed by atoms with Crippen LogP contribution in [0.15, 0.2) is 46.8 Å². The number of anilines is 1. The molecule has 0 aliphatic heterocycles. The zero-order valence-corrected chi connectivity index (χ0v) is 11.2. The zero-order chi connectivity index (χ0) is 13.2. The number of halogens is 1. The Hall–Kier alpha value is -1.92. The molecule has 0 amide bonds. The Morgan fingerprint density at radius 3 is 2.79 bits per heavy atom. The van der Waals surface area contributed by atoms with Gasteiger partial charge < -0.3 is 5.73 Å². The van der Waals surface area contributed by atoms with Gasteiger partial charge in [-0.25, -0.2) is 19.9 Å². The molecule has 0 bridgehead atoms. The van der Waals surface area contributed by atoms with Crippen molar-refractivity contribution in [1.29, 1.82) is 0 Å². The Morgan fingerprint density at radius 2 is 1.89 bits per heavy atom. The molecule has 3 rings (SSSR count). The molecule has 0 saturated heterocycles. The van der Waals surface area contributed by atoms with Crippen LogP contribution in [0.25, 0.3) is 10.9 Å². The summed E-state index contributed by atoms with van der Waals surface area (Å²) in [4.78, 5) is 16.4. The number of nitrogens with two attached hydrogens (primary N) is 1. The maximum absolute atomic E-state index is 6.05. The van der Waals surface area contributed by atoms with Crippen LogP contribution < -0.4 is 5.73 Å². The van der Waals surface area contributed by atoms with E-state index in [0.29, 0.717) is 10.0 Å². The minimum absolute atomic E-state index is 0.185. The van der Waals surface area contributed by atoms with Crippen LogP contribution in [-0.4, -0.2) is 19.9 Å². The average molecular weight is 290 g/mol. The van der Waals surface area contributed by atoms with E-state index in [4.69, 9.17) is 17.3 Å². The molecular formula is C12H8ClN5S. The van der Waals surface area contributed by atoms with Crippen molar-refractivity contribution >= 4 is 40.2 Å². The molecule has 0 unspecified atom stereocenters. The predicted molar refractivity (Wildman–Crippen MR) is 75.1 cm³/mol. The first kappa shape index (κ1) is 12.1. The van der Waals surface area contributed by atoms with Crippen molar-refractivity contribution in [2.75, 3.05) is 5.73 Å². The minimum Gasteiger partial charge on any atom is -0.368 e. The number of para-hydroxylation sites is 1. The van der Waals surface area contributed by atoms with E-state index in [1.54, 1.807) is 0 Å². The highest BCUT2D eigenvalue weighted by Gasteiger charge is 2.10. The van der Waals surface area contributed by atoms with Crippen molar-refractivity contribution < 1.29 is 0 Å². The van der Waals surface area contributed by atoms with Gasteiger partial charge in [-0.3, -0.25) is 0 Å². The molecule has 0 saturated carbocycles.